The molecule has 0 aromatic heterocycles. The molecular weight excluding hydrogens is 244 g/mol. The Balaban J connectivity index is 0.00000256. The number of likely N-dealkylation sites (tertiary alicyclic amines) is 1. The number of nitrogens with one attached hydrogen (secondary N) is 2. The molecule has 100 valence electrons. The lowest BCUT2D eigenvalue weighted by molar-refractivity contribution is -0.121. The topological polar surface area (TPSA) is 87.5 Å². The molecule has 1 atom stereocenters. The summed E-state index contributed by atoms with van der Waals surface area (Å²) in [6, 6.07) is -0.292. The first-order valence-electron chi connectivity index (χ1n) is 5.67. The summed E-state index contributed by atoms with van der Waals surface area (Å²) in [7, 11) is 0. The maximum Gasteiger partial charge on any atom is 0.321 e. The van der Waals surface area contributed by atoms with Crippen LogP contribution in [-0.2, 0) is 4.79 Å². The van der Waals surface area contributed by atoms with Crippen LogP contribution in [0.15, 0.2) is 0 Å². The third kappa shape index (κ3) is 6.45. The molecule has 1 rings (SSSR count). The fourth-order valence-corrected chi connectivity index (χ4v) is 1.81. The average Bonchev–Trinajstić information content (AvgIpc) is 2.17. The van der Waals surface area contributed by atoms with Crippen LogP contribution in [0.25, 0.3) is 0 Å². The van der Waals surface area contributed by atoms with Gasteiger partial charge in [0.25, 0.3) is 0 Å². The second-order valence-electron chi connectivity index (χ2n) is 4.05. The number of urea groups is 1. The van der Waals surface area contributed by atoms with Gasteiger partial charge < -0.3 is 11.1 Å². The molecule has 1 saturated heterocycles. The van der Waals surface area contributed by atoms with Gasteiger partial charge in [-0.15, -0.1) is 12.4 Å². The summed E-state index contributed by atoms with van der Waals surface area (Å²) < 4.78 is 0. The van der Waals surface area contributed by atoms with Gasteiger partial charge in [0.15, 0.2) is 0 Å². The first-order chi connectivity index (χ1) is 7.61. The van der Waals surface area contributed by atoms with Gasteiger partial charge in [0.1, 0.15) is 0 Å². The highest BCUT2D eigenvalue weighted by atomic mass is 35.5. The molecule has 7 heteroatoms. The Labute approximate surface area is 108 Å². The van der Waals surface area contributed by atoms with E-state index in [4.69, 9.17) is 5.73 Å². The van der Waals surface area contributed by atoms with Crippen molar-refractivity contribution in [3.63, 3.8) is 0 Å². The lowest BCUT2D eigenvalue weighted by atomic mass is 10.1. The highest BCUT2D eigenvalue weighted by Gasteiger charge is 2.19. The number of nitrogens with zero attached hydrogens (tertiary/aromatic N) is 1. The Morgan fingerprint density at radius 3 is 2.76 bits per heavy atom. The Morgan fingerprint density at radius 2 is 2.18 bits per heavy atom. The molecule has 1 fully saturated rings. The number of hydrogen-bond acceptors (Lipinski definition) is 4. The zero-order valence-corrected chi connectivity index (χ0v) is 10.9. The van der Waals surface area contributed by atoms with E-state index in [1.807, 2.05) is 4.90 Å². The largest absolute Gasteiger partial charge is 0.338 e. The summed E-state index contributed by atoms with van der Waals surface area (Å²) in [5, 5.41) is 4.78. The van der Waals surface area contributed by atoms with Crippen LogP contribution in [-0.4, -0.2) is 49.1 Å². The maximum atomic E-state index is 11.4. The van der Waals surface area contributed by atoms with Crippen LogP contribution in [0.4, 0.5) is 4.79 Å². The van der Waals surface area contributed by atoms with Crippen LogP contribution in [0, 0.1) is 0 Å². The molecule has 6 nitrogen and oxygen atoms in total. The highest BCUT2D eigenvalue weighted by molar-refractivity contribution is 5.95. The molecule has 0 aromatic rings. The summed E-state index contributed by atoms with van der Waals surface area (Å²) in [6.07, 6.45) is 2.02. The van der Waals surface area contributed by atoms with Gasteiger partial charge in [0, 0.05) is 19.1 Å². The SMILES string of the molecule is CCNC(=O)NC(=O)CN1CCCC(N)C1.Cl. The number of amides is 3. The smallest absolute Gasteiger partial charge is 0.321 e. The van der Waals surface area contributed by atoms with Gasteiger partial charge in [0.05, 0.1) is 6.54 Å². The first-order valence-corrected chi connectivity index (χ1v) is 5.67. The van der Waals surface area contributed by atoms with Gasteiger partial charge in [-0.2, -0.15) is 0 Å². The number of carbonyl (C=O) groups excluding carboxylic acids is 2. The van der Waals surface area contributed by atoms with E-state index in [2.05, 4.69) is 10.6 Å². The third-order valence-electron chi connectivity index (χ3n) is 2.50. The molecule has 1 heterocycles. The second kappa shape index (κ2) is 8.27. The molecule has 0 radical (unpaired) electrons. The molecule has 4 N–H and O–H groups in total. The van der Waals surface area contributed by atoms with Crippen molar-refractivity contribution in [2.75, 3.05) is 26.2 Å². The number of halogens is 1. The second-order valence-corrected chi connectivity index (χ2v) is 4.05. The Bertz CT molecular complexity index is 263. The van der Waals surface area contributed by atoms with E-state index >= 15 is 0 Å². The van der Waals surface area contributed by atoms with Crippen molar-refractivity contribution >= 4 is 24.3 Å². The predicted octanol–water partition coefficient (Wildman–Crippen LogP) is -0.323. The number of nitrogens with two attached hydrogens (primary N) is 1. The molecule has 1 aliphatic rings. The van der Waals surface area contributed by atoms with Crippen molar-refractivity contribution in [1.82, 2.24) is 15.5 Å². The van der Waals surface area contributed by atoms with Crippen LogP contribution >= 0.6 is 12.4 Å². The maximum absolute atomic E-state index is 11.4. The van der Waals surface area contributed by atoms with E-state index in [1.165, 1.54) is 0 Å². The van der Waals surface area contributed by atoms with Crippen LogP contribution in [0.5, 0.6) is 0 Å². The Morgan fingerprint density at radius 1 is 1.47 bits per heavy atom. The van der Waals surface area contributed by atoms with Crippen LogP contribution in [0.3, 0.4) is 0 Å². The highest BCUT2D eigenvalue weighted by Crippen LogP contribution is 2.06. The number of imide groups is 1. The molecule has 0 spiro atoms. The minimum absolute atomic E-state index is 0. The number of piperidine rings is 1. The van der Waals surface area contributed by atoms with Crippen molar-refractivity contribution in [3.05, 3.63) is 0 Å². The lowest BCUT2D eigenvalue weighted by Gasteiger charge is -2.29. The van der Waals surface area contributed by atoms with E-state index in [1.54, 1.807) is 6.92 Å². The van der Waals surface area contributed by atoms with Crippen molar-refractivity contribution in [3.8, 4) is 0 Å². The van der Waals surface area contributed by atoms with Gasteiger partial charge in [-0.3, -0.25) is 15.0 Å². The monoisotopic (exact) mass is 264 g/mol. The number of carbonyl (C=O) groups is 2. The Hall–Kier alpha value is -0.850. The van der Waals surface area contributed by atoms with Gasteiger partial charge in [-0.25, -0.2) is 4.79 Å². The third-order valence-corrected chi connectivity index (χ3v) is 2.50. The fourth-order valence-electron chi connectivity index (χ4n) is 1.81. The average molecular weight is 265 g/mol. The molecule has 1 unspecified atom stereocenters. The molecule has 0 bridgehead atoms. The zero-order chi connectivity index (χ0) is 12.0. The molecule has 0 aliphatic carbocycles. The molecule has 0 aromatic carbocycles. The molecular formula is C10H21ClN4O2. The number of rotatable bonds is 3. The summed E-state index contributed by atoms with van der Waals surface area (Å²) in [5.74, 6) is -0.278. The van der Waals surface area contributed by atoms with E-state index < -0.39 is 6.03 Å². The summed E-state index contributed by atoms with van der Waals surface area (Å²) in [4.78, 5) is 24.5. The van der Waals surface area contributed by atoms with Crippen molar-refractivity contribution < 1.29 is 9.59 Å². The summed E-state index contributed by atoms with van der Waals surface area (Å²) in [5.41, 5.74) is 5.80. The number of hydrogen-bond donors (Lipinski definition) is 3. The molecule has 3 amide bonds. The van der Waals surface area contributed by atoms with E-state index in [-0.39, 0.29) is 30.9 Å². The van der Waals surface area contributed by atoms with E-state index in [0.29, 0.717) is 6.54 Å². The molecule has 1 aliphatic heterocycles. The minimum atomic E-state index is -0.436. The summed E-state index contributed by atoms with van der Waals surface area (Å²) >= 11 is 0. The van der Waals surface area contributed by atoms with Crippen LogP contribution in [0.1, 0.15) is 19.8 Å². The van der Waals surface area contributed by atoms with E-state index in [0.717, 1.165) is 25.9 Å². The van der Waals surface area contributed by atoms with Crippen LogP contribution < -0.4 is 16.4 Å². The van der Waals surface area contributed by atoms with Crippen molar-refractivity contribution in [2.24, 2.45) is 5.73 Å². The Kier molecular flexibility index (Phi) is 7.86. The van der Waals surface area contributed by atoms with Crippen molar-refractivity contribution in [1.29, 1.82) is 0 Å². The standard InChI is InChI=1S/C10H20N4O2.ClH/c1-2-12-10(16)13-9(15)7-14-5-3-4-8(11)6-14;/h8H,2-7,11H2,1H3,(H2,12,13,15,16);1H. The van der Waals surface area contributed by atoms with E-state index in [9.17, 15) is 9.59 Å². The van der Waals surface area contributed by atoms with Gasteiger partial charge in [-0.1, -0.05) is 0 Å². The lowest BCUT2D eigenvalue weighted by Crippen LogP contribution is -2.49. The fraction of sp³-hybridized carbons (Fsp3) is 0.800. The van der Waals surface area contributed by atoms with Gasteiger partial charge >= 0.3 is 6.03 Å². The molecule has 17 heavy (non-hydrogen) atoms. The van der Waals surface area contributed by atoms with Gasteiger partial charge in [0.2, 0.25) is 5.91 Å². The van der Waals surface area contributed by atoms with Gasteiger partial charge in [-0.05, 0) is 26.3 Å². The normalized spacial score (nSPS) is 20.2. The van der Waals surface area contributed by atoms with Crippen molar-refractivity contribution in [2.45, 2.75) is 25.8 Å². The quantitative estimate of drug-likeness (QED) is 0.652. The minimum Gasteiger partial charge on any atom is -0.338 e. The molecule has 0 saturated carbocycles. The zero-order valence-electron chi connectivity index (χ0n) is 10.1. The van der Waals surface area contributed by atoms with Crippen LogP contribution in [0.2, 0.25) is 0 Å². The summed E-state index contributed by atoms with van der Waals surface area (Å²) in [6.45, 7) is 4.14. The predicted molar refractivity (Wildman–Crippen MR) is 68.1 cm³/mol. The first kappa shape index (κ1) is 16.1.